The van der Waals surface area contributed by atoms with E-state index in [1.54, 1.807) is 6.20 Å². The standard InChI is InChI=1S/C12H19N3O3S2/c1-2-10(12-14-3-5-19-12)15-11(16)7-9-8-20(17,18)6-4-13-9/h3,5,9-10,13H,2,4,6-8H2,1H3,(H,15,16). The highest BCUT2D eigenvalue weighted by Crippen LogP contribution is 2.19. The summed E-state index contributed by atoms with van der Waals surface area (Å²) in [4.78, 5) is 16.2. The molecule has 2 N–H and O–H groups in total. The Morgan fingerprint density at radius 2 is 2.45 bits per heavy atom. The molecular weight excluding hydrogens is 298 g/mol. The van der Waals surface area contributed by atoms with Crippen LogP contribution in [0, 0.1) is 0 Å². The molecule has 0 saturated carbocycles. The number of carbonyl (C=O) groups excluding carboxylic acids is 1. The summed E-state index contributed by atoms with van der Waals surface area (Å²) >= 11 is 1.51. The largest absolute Gasteiger partial charge is 0.347 e. The summed E-state index contributed by atoms with van der Waals surface area (Å²) in [6.45, 7) is 2.40. The molecule has 0 radical (unpaired) electrons. The van der Waals surface area contributed by atoms with Gasteiger partial charge in [-0.1, -0.05) is 6.92 Å². The maximum absolute atomic E-state index is 12.0. The summed E-state index contributed by atoms with van der Waals surface area (Å²) in [6.07, 6.45) is 2.65. The molecule has 0 spiro atoms. The highest BCUT2D eigenvalue weighted by atomic mass is 32.2. The molecule has 2 unspecified atom stereocenters. The van der Waals surface area contributed by atoms with Crippen LogP contribution in [0.4, 0.5) is 0 Å². The lowest BCUT2D eigenvalue weighted by Crippen LogP contribution is -2.47. The van der Waals surface area contributed by atoms with E-state index in [0.717, 1.165) is 11.4 Å². The lowest BCUT2D eigenvalue weighted by Gasteiger charge is -2.24. The predicted molar refractivity (Wildman–Crippen MR) is 78.4 cm³/mol. The number of aromatic nitrogens is 1. The molecule has 1 aromatic heterocycles. The average Bonchev–Trinajstić information content (AvgIpc) is 2.88. The molecule has 1 saturated heterocycles. The third kappa shape index (κ3) is 4.26. The molecule has 1 aliphatic rings. The number of thiazole rings is 1. The smallest absolute Gasteiger partial charge is 0.222 e. The Labute approximate surface area is 122 Å². The summed E-state index contributed by atoms with van der Waals surface area (Å²) in [5, 5.41) is 8.75. The van der Waals surface area contributed by atoms with E-state index in [2.05, 4.69) is 15.6 Å². The third-order valence-electron chi connectivity index (χ3n) is 3.23. The molecule has 20 heavy (non-hydrogen) atoms. The van der Waals surface area contributed by atoms with Gasteiger partial charge < -0.3 is 10.6 Å². The van der Waals surface area contributed by atoms with Gasteiger partial charge >= 0.3 is 0 Å². The van der Waals surface area contributed by atoms with Crippen LogP contribution in [-0.2, 0) is 14.6 Å². The Morgan fingerprint density at radius 3 is 3.05 bits per heavy atom. The van der Waals surface area contributed by atoms with Crippen molar-refractivity contribution >= 4 is 27.1 Å². The van der Waals surface area contributed by atoms with Gasteiger partial charge in [-0.25, -0.2) is 13.4 Å². The molecule has 2 atom stereocenters. The molecular formula is C12H19N3O3S2. The Morgan fingerprint density at radius 1 is 1.65 bits per heavy atom. The molecule has 0 bridgehead atoms. The molecule has 2 heterocycles. The molecule has 2 rings (SSSR count). The zero-order valence-corrected chi connectivity index (χ0v) is 13.0. The van der Waals surface area contributed by atoms with Gasteiger partial charge in [0.15, 0.2) is 9.84 Å². The average molecular weight is 317 g/mol. The summed E-state index contributed by atoms with van der Waals surface area (Å²) in [7, 11) is -3.01. The van der Waals surface area contributed by atoms with Gasteiger partial charge in [-0.2, -0.15) is 0 Å². The van der Waals surface area contributed by atoms with Crippen molar-refractivity contribution in [3.8, 4) is 0 Å². The quantitative estimate of drug-likeness (QED) is 0.825. The number of nitrogens with one attached hydrogen (secondary N) is 2. The van der Waals surface area contributed by atoms with Crippen molar-refractivity contribution in [1.29, 1.82) is 0 Å². The van der Waals surface area contributed by atoms with Crippen LogP contribution in [0.3, 0.4) is 0 Å². The van der Waals surface area contributed by atoms with Gasteiger partial charge in [-0.05, 0) is 6.42 Å². The van der Waals surface area contributed by atoms with Gasteiger partial charge in [0.25, 0.3) is 0 Å². The van der Waals surface area contributed by atoms with E-state index in [4.69, 9.17) is 0 Å². The van der Waals surface area contributed by atoms with Gasteiger partial charge in [-0.15, -0.1) is 11.3 Å². The van der Waals surface area contributed by atoms with E-state index < -0.39 is 9.84 Å². The van der Waals surface area contributed by atoms with Crippen molar-refractivity contribution in [2.75, 3.05) is 18.1 Å². The number of hydrogen-bond donors (Lipinski definition) is 2. The van der Waals surface area contributed by atoms with Crippen LogP contribution in [0.5, 0.6) is 0 Å². The van der Waals surface area contributed by atoms with Crippen molar-refractivity contribution < 1.29 is 13.2 Å². The van der Waals surface area contributed by atoms with Crippen LogP contribution in [0.25, 0.3) is 0 Å². The van der Waals surface area contributed by atoms with Crippen molar-refractivity contribution in [2.45, 2.75) is 31.8 Å². The zero-order chi connectivity index (χ0) is 14.6. The van der Waals surface area contributed by atoms with Gasteiger partial charge in [0.05, 0.1) is 17.5 Å². The van der Waals surface area contributed by atoms with Crippen LogP contribution in [0.1, 0.15) is 30.8 Å². The minimum absolute atomic E-state index is 0.0362. The lowest BCUT2D eigenvalue weighted by molar-refractivity contribution is -0.122. The zero-order valence-electron chi connectivity index (χ0n) is 11.3. The Bertz CT molecular complexity index is 542. The monoisotopic (exact) mass is 317 g/mol. The molecule has 112 valence electrons. The second kappa shape index (κ2) is 6.64. The second-order valence-corrected chi connectivity index (χ2v) is 8.02. The van der Waals surface area contributed by atoms with Crippen molar-refractivity contribution in [2.24, 2.45) is 0 Å². The molecule has 0 aromatic carbocycles. The van der Waals surface area contributed by atoms with Crippen molar-refractivity contribution in [3.05, 3.63) is 16.6 Å². The van der Waals surface area contributed by atoms with Crippen LogP contribution in [0.15, 0.2) is 11.6 Å². The van der Waals surface area contributed by atoms with E-state index in [-0.39, 0.29) is 35.9 Å². The Hall–Kier alpha value is -0.990. The normalized spacial score (nSPS) is 23.1. The number of nitrogens with zero attached hydrogens (tertiary/aromatic N) is 1. The van der Waals surface area contributed by atoms with Crippen LogP contribution < -0.4 is 10.6 Å². The topological polar surface area (TPSA) is 88.2 Å². The van der Waals surface area contributed by atoms with Gasteiger partial charge in [-0.3, -0.25) is 4.79 Å². The molecule has 1 fully saturated rings. The number of carbonyl (C=O) groups is 1. The maximum Gasteiger partial charge on any atom is 0.222 e. The fourth-order valence-electron chi connectivity index (χ4n) is 2.22. The highest BCUT2D eigenvalue weighted by molar-refractivity contribution is 7.91. The van der Waals surface area contributed by atoms with Crippen LogP contribution in [0.2, 0.25) is 0 Å². The first-order chi connectivity index (χ1) is 9.50. The Kier molecular flexibility index (Phi) is 5.11. The minimum Gasteiger partial charge on any atom is -0.347 e. The number of rotatable bonds is 5. The summed E-state index contributed by atoms with van der Waals surface area (Å²) in [5.41, 5.74) is 0. The second-order valence-electron chi connectivity index (χ2n) is 4.87. The molecule has 1 aromatic rings. The highest BCUT2D eigenvalue weighted by Gasteiger charge is 2.26. The van der Waals surface area contributed by atoms with E-state index in [1.165, 1.54) is 11.3 Å². The molecule has 8 heteroatoms. The Balaban J connectivity index is 1.88. The molecule has 1 amide bonds. The number of amides is 1. The van der Waals surface area contributed by atoms with Gasteiger partial charge in [0.1, 0.15) is 5.01 Å². The lowest BCUT2D eigenvalue weighted by atomic mass is 10.2. The van der Waals surface area contributed by atoms with Crippen LogP contribution in [-0.4, -0.2) is 43.4 Å². The fourth-order valence-corrected chi connectivity index (χ4v) is 4.44. The third-order valence-corrected chi connectivity index (χ3v) is 5.85. The number of sulfone groups is 1. The van der Waals surface area contributed by atoms with Gasteiger partial charge in [0, 0.05) is 30.6 Å². The first kappa shape index (κ1) is 15.4. The van der Waals surface area contributed by atoms with E-state index in [9.17, 15) is 13.2 Å². The summed E-state index contributed by atoms with van der Waals surface area (Å²) < 4.78 is 23.1. The molecule has 1 aliphatic heterocycles. The first-order valence-corrected chi connectivity index (χ1v) is 9.33. The maximum atomic E-state index is 12.0. The van der Waals surface area contributed by atoms with Crippen molar-refractivity contribution in [1.82, 2.24) is 15.6 Å². The minimum atomic E-state index is -3.01. The predicted octanol–water partition coefficient (Wildman–Crippen LogP) is 0.487. The van der Waals surface area contributed by atoms with Crippen LogP contribution >= 0.6 is 11.3 Å². The number of hydrogen-bond acceptors (Lipinski definition) is 6. The van der Waals surface area contributed by atoms with Crippen molar-refractivity contribution in [3.63, 3.8) is 0 Å². The fraction of sp³-hybridized carbons (Fsp3) is 0.667. The SMILES string of the molecule is CCC(NC(=O)CC1CS(=O)(=O)CCN1)c1nccs1. The summed E-state index contributed by atoms with van der Waals surface area (Å²) in [6, 6.07) is -0.384. The van der Waals surface area contributed by atoms with E-state index >= 15 is 0 Å². The summed E-state index contributed by atoms with van der Waals surface area (Å²) in [5.74, 6) is 0.0534. The first-order valence-electron chi connectivity index (χ1n) is 6.62. The van der Waals surface area contributed by atoms with E-state index in [0.29, 0.717) is 6.54 Å². The van der Waals surface area contributed by atoms with E-state index in [1.807, 2.05) is 12.3 Å². The van der Waals surface area contributed by atoms with Gasteiger partial charge in [0.2, 0.25) is 5.91 Å². The molecule has 0 aliphatic carbocycles. The molecule has 6 nitrogen and oxygen atoms in total.